The summed E-state index contributed by atoms with van der Waals surface area (Å²) in [6.07, 6.45) is -2.38. The van der Waals surface area contributed by atoms with Crippen molar-refractivity contribution in [3.63, 3.8) is 0 Å². The average Bonchev–Trinajstić information content (AvgIpc) is 3.00. The highest BCUT2D eigenvalue weighted by Gasteiger charge is 2.34. The molecule has 1 aliphatic rings. The van der Waals surface area contributed by atoms with Gasteiger partial charge in [-0.05, 0) is 17.7 Å². The molecule has 8 heteroatoms. The molecule has 0 fully saturated rings. The maximum Gasteiger partial charge on any atom is 0.416 e. The summed E-state index contributed by atoms with van der Waals surface area (Å²) in [6, 6.07) is 4.45. The molecule has 0 saturated heterocycles. The molecule has 0 amide bonds. The lowest BCUT2D eigenvalue weighted by atomic mass is 10.0. The summed E-state index contributed by atoms with van der Waals surface area (Å²) in [4.78, 5) is 21.1. The van der Waals surface area contributed by atoms with Crippen LogP contribution in [-0.2, 0) is 35.2 Å². The van der Waals surface area contributed by atoms with Crippen LogP contribution in [0, 0.1) is 0 Å². The van der Waals surface area contributed by atoms with Crippen molar-refractivity contribution in [1.29, 1.82) is 0 Å². The molecule has 0 radical (unpaired) electrons. The van der Waals surface area contributed by atoms with Gasteiger partial charge in [-0.15, -0.1) is 0 Å². The van der Waals surface area contributed by atoms with Crippen LogP contribution in [0.3, 0.4) is 0 Å². The van der Waals surface area contributed by atoms with E-state index in [1.54, 1.807) is 6.33 Å². The Hall–Kier alpha value is -2.35. The number of rotatable bonds is 3. The molecule has 1 aromatic heterocycles. The predicted octanol–water partition coefficient (Wildman–Crippen LogP) is 2.53. The Labute approximate surface area is 136 Å². The number of nitrogens with one attached hydrogen (secondary N) is 1. The summed E-state index contributed by atoms with van der Waals surface area (Å²) in [6.45, 7) is 0.798. The number of ether oxygens (including phenoxy) is 1. The summed E-state index contributed by atoms with van der Waals surface area (Å²) >= 11 is 0. The van der Waals surface area contributed by atoms with E-state index in [4.69, 9.17) is 4.74 Å². The molecule has 24 heavy (non-hydrogen) atoms. The van der Waals surface area contributed by atoms with Gasteiger partial charge >= 0.3 is 12.1 Å². The third-order valence-electron chi connectivity index (χ3n) is 4.14. The standard InChI is InChI=1S/C16H16F3N3O2/c1-24-15(23)14-6-12-13(21-9-20-12)8-22(14)7-10-2-4-11(5-3-10)16(17,18)19/h2-5,9,14H,6-8H2,1H3,(H,20,21)/t14-/m0/s1. The van der Waals surface area contributed by atoms with Crippen molar-refractivity contribution in [3.8, 4) is 0 Å². The second kappa shape index (κ2) is 6.27. The summed E-state index contributed by atoms with van der Waals surface area (Å²) < 4.78 is 42.8. The van der Waals surface area contributed by atoms with Crippen molar-refractivity contribution < 1.29 is 22.7 Å². The van der Waals surface area contributed by atoms with E-state index in [1.165, 1.54) is 19.2 Å². The Balaban J connectivity index is 1.80. The molecule has 1 N–H and O–H groups in total. The Kier molecular flexibility index (Phi) is 4.31. The number of carbonyl (C=O) groups excluding carboxylic acids is 1. The minimum Gasteiger partial charge on any atom is -0.468 e. The number of imidazole rings is 1. The molecule has 128 valence electrons. The minimum atomic E-state index is -4.36. The number of aromatic nitrogens is 2. The molecule has 1 atom stereocenters. The van der Waals surface area contributed by atoms with Crippen LogP contribution in [0.15, 0.2) is 30.6 Å². The van der Waals surface area contributed by atoms with Gasteiger partial charge in [0.25, 0.3) is 0 Å². The van der Waals surface area contributed by atoms with Crippen LogP contribution < -0.4 is 0 Å². The van der Waals surface area contributed by atoms with Crippen LogP contribution in [0.5, 0.6) is 0 Å². The Morgan fingerprint density at radius 2 is 2.08 bits per heavy atom. The molecule has 0 spiro atoms. The third-order valence-corrected chi connectivity index (χ3v) is 4.14. The van der Waals surface area contributed by atoms with Gasteiger partial charge < -0.3 is 9.72 Å². The number of benzene rings is 1. The van der Waals surface area contributed by atoms with Gasteiger partial charge in [-0.1, -0.05) is 12.1 Å². The molecule has 1 aromatic carbocycles. The van der Waals surface area contributed by atoms with Gasteiger partial charge in [0.2, 0.25) is 0 Å². The maximum atomic E-state index is 12.6. The van der Waals surface area contributed by atoms with E-state index in [0.717, 1.165) is 23.5 Å². The molecule has 5 nitrogen and oxygen atoms in total. The van der Waals surface area contributed by atoms with Gasteiger partial charge in [0, 0.05) is 19.5 Å². The van der Waals surface area contributed by atoms with E-state index in [9.17, 15) is 18.0 Å². The lowest BCUT2D eigenvalue weighted by Gasteiger charge is -2.33. The van der Waals surface area contributed by atoms with Crippen LogP contribution in [0.2, 0.25) is 0 Å². The first kappa shape index (κ1) is 16.5. The first-order valence-electron chi connectivity index (χ1n) is 7.37. The van der Waals surface area contributed by atoms with Crippen molar-refractivity contribution in [3.05, 3.63) is 53.1 Å². The number of hydrogen-bond acceptors (Lipinski definition) is 4. The number of hydrogen-bond donors (Lipinski definition) is 1. The molecule has 2 heterocycles. The zero-order valence-corrected chi connectivity index (χ0v) is 12.9. The fourth-order valence-corrected chi connectivity index (χ4v) is 2.86. The Bertz CT molecular complexity index is 725. The molecule has 3 rings (SSSR count). The Morgan fingerprint density at radius 3 is 2.71 bits per heavy atom. The minimum absolute atomic E-state index is 0.344. The number of H-pyrrole nitrogens is 1. The van der Waals surface area contributed by atoms with E-state index < -0.39 is 17.8 Å². The summed E-state index contributed by atoms with van der Waals surface area (Å²) in [5.41, 5.74) is 1.72. The maximum absolute atomic E-state index is 12.6. The van der Waals surface area contributed by atoms with Gasteiger partial charge in [0.05, 0.1) is 30.4 Å². The number of esters is 1. The molecule has 0 saturated carbocycles. The monoisotopic (exact) mass is 339 g/mol. The number of carbonyl (C=O) groups is 1. The Morgan fingerprint density at radius 1 is 1.38 bits per heavy atom. The SMILES string of the molecule is COC(=O)[C@@H]1Cc2nc[nH]c2CN1Cc1ccc(C(F)(F)F)cc1. The summed E-state index contributed by atoms with van der Waals surface area (Å²) in [5, 5.41) is 0. The lowest BCUT2D eigenvalue weighted by Crippen LogP contribution is -2.45. The second-order valence-corrected chi connectivity index (χ2v) is 5.67. The van der Waals surface area contributed by atoms with E-state index >= 15 is 0 Å². The van der Waals surface area contributed by atoms with Gasteiger partial charge in [0.15, 0.2) is 0 Å². The van der Waals surface area contributed by atoms with Crippen molar-refractivity contribution in [2.75, 3.05) is 7.11 Å². The molecule has 1 aliphatic heterocycles. The first-order chi connectivity index (χ1) is 11.4. The zero-order valence-electron chi connectivity index (χ0n) is 12.9. The van der Waals surface area contributed by atoms with Gasteiger partial charge in [-0.3, -0.25) is 9.69 Å². The van der Waals surface area contributed by atoms with E-state index in [-0.39, 0.29) is 5.97 Å². The van der Waals surface area contributed by atoms with Gasteiger partial charge in [0.1, 0.15) is 6.04 Å². The topological polar surface area (TPSA) is 58.2 Å². The molecule has 2 aromatic rings. The fourth-order valence-electron chi connectivity index (χ4n) is 2.86. The number of fused-ring (bicyclic) bond motifs is 1. The van der Waals surface area contributed by atoms with Crippen LogP contribution >= 0.6 is 0 Å². The highest BCUT2D eigenvalue weighted by atomic mass is 19.4. The van der Waals surface area contributed by atoms with Crippen molar-refractivity contribution in [1.82, 2.24) is 14.9 Å². The number of nitrogens with zero attached hydrogens (tertiary/aromatic N) is 2. The fraction of sp³-hybridized carbons (Fsp3) is 0.375. The quantitative estimate of drug-likeness (QED) is 0.873. The normalized spacial score (nSPS) is 18.2. The summed E-state index contributed by atoms with van der Waals surface area (Å²) in [5.74, 6) is -0.379. The van der Waals surface area contributed by atoms with Crippen molar-refractivity contribution in [2.45, 2.75) is 31.7 Å². The van der Waals surface area contributed by atoms with Crippen LogP contribution in [0.4, 0.5) is 13.2 Å². The number of methoxy groups -OCH3 is 1. The molecular weight excluding hydrogens is 323 g/mol. The van der Waals surface area contributed by atoms with Gasteiger partial charge in [-0.2, -0.15) is 13.2 Å². The molecule has 0 unspecified atom stereocenters. The molecule has 0 bridgehead atoms. The van der Waals surface area contributed by atoms with Crippen LogP contribution in [0.25, 0.3) is 0 Å². The van der Waals surface area contributed by atoms with E-state index in [0.29, 0.717) is 25.1 Å². The second-order valence-electron chi connectivity index (χ2n) is 5.67. The number of halogens is 3. The van der Waals surface area contributed by atoms with E-state index in [2.05, 4.69) is 9.97 Å². The summed E-state index contributed by atoms with van der Waals surface area (Å²) in [7, 11) is 1.32. The third kappa shape index (κ3) is 3.28. The van der Waals surface area contributed by atoms with E-state index in [1.807, 2.05) is 4.90 Å². The number of aromatic amines is 1. The lowest BCUT2D eigenvalue weighted by molar-refractivity contribution is -0.148. The predicted molar refractivity (Wildman–Crippen MR) is 78.8 cm³/mol. The van der Waals surface area contributed by atoms with Crippen LogP contribution in [-0.4, -0.2) is 34.0 Å². The highest BCUT2D eigenvalue weighted by molar-refractivity contribution is 5.76. The molecular formula is C16H16F3N3O2. The smallest absolute Gasteiger partial charge is 0.416 e. The largest absolute Gasteiger partial charge is 0.468 e. The highest BCUT2D eigenvalue weighted by Crippen LogP contribution is 2.30. The van der Waals surface area contributed by atoms with Gasteiger partial charge in [-0.25, -0.2) is 4.98 Å². The average molecular weight is 339 g/mol. The van der Waals surface area contributed by atoms with Crippen molar-refractivity contribution >= 4 is 5.97 Å². The van der Waals surface area contributed by atoms with Crippen molar-refractivity contribution in [2.24, 2.45) is 0 Å². The number of alkyl halides is 3. The van der Waals surface area contributed by atoms with Crippen LogP contribution in [0.1, 0.15) is 22.5 Å². The zero-order chi connectivity index (χ0) is 17.3. The molecule has 0 aliphatic carbocycles. The first-order valence-corrected chi connectivity index (χ1v) is 7.37.